The standard InChI is InChI=1S/C9H9N3O5S/c1-11(5-4-10)18(16,17)7-2-3-9(13)8(6-7)12(14)15/h2-3,6,13H,5H2,1H3. The molecule has 0 aliphatic rings. The van der Waals surface area contributed by atoms with Gasteiger partial charge in [-0.3, -0.25) is 10.1 Å². The second-order valence-electron chi connectivity index (χ2n) is 3.33. The lowest BCUT2D eigenvalue weighted by Crippen LogP contribution is -2.27. The molecule has 1 rings (SSSR count). The Balaban J connectivity index is 3.31. The molecule has 18 heavy (non-hydrogen) atoms. The molecule has 0 saturated carbocycles. The summed E-state index contributed by atoms with van der Waals surface area (Å²) in [5, 5.41) is 28.2. The Kier molecular flexibility index (Phi) is 3.85. The van der Waals surface area contributed by atoms with E-state index < -0.39 is 26.4 Å². The molecule has 0 heterocycles. The van der Waals surface area contributed by atoms with E-state index in [1.54, 1.807) is 6.07 Å². The number of hydrogen-bond acceptors (Lipinski definition) is 6. The van der Waals surface area contributed by atoms with E-state index in [9.17, 15) is 23.6 Å². The number of aromatic hydroxyl groups is 1. The molecule has 0 saturated heterocycles. The van der Waals surface area contributed by atoms with Gasteiger partial charge in [-0.15, -0.1) is 0 Å². The Morgan fingerprint density at radius 3 is 2.67 bits per heavy atom. The van der Waals surface area contributed by atoms with Crippen molar-refractivity contribution in [1.82, 2.24) is 4.31 Å². The van der Waals surface area contributed by atoms with E-state index >= 15 is 0 Å². The third-order valence-electron chi connectivity index (χ3n) is 2.15. The normalized spacial score (nSPS) is 11.2. The lowest BCUT2D eigenvalue weighted by Gasteiger charge is -2.13. The average molecular weight is 271 g/mol. The average Bonchev–Trinajstić information content (AvgIpc) is 2.29. The Morgan fingerprint density at radius 1 is 1.56 bits per heavy atom. The van der Waals surface area contributed by atoms with Gasteiger partial charge >= 0.3 is 5.69 Å². The molecule has 9 heteroatoms. The first kappa shape index (κ1) is 13.9. The summed E-state index contributed by atoms with van der Waals surface area (Å²) >= 11 is 0. The van der Waals surface area contributed by atoms with Gasteiger partial charge in [0.25, 0.3) is 0 Å². The van der Waals surface area contributed by atoms with Crippen molar-refractivity contribution in [2.75, 3.05) is 13.6 Å². The SMILES string of the molecule is CN(CC#N)S(=O)(=O)c1ccc(O)c([N+](=O)[O-])c1. The minimum absolute atomic E-state index is 0.357. The van der Waals surface area contributed by atoms with Gasteiger partial charge in [-0.1, -0.05) is 0 Å². The number of phenols is 1. The van der Waals surface area contributed by atoms with Gasteiger partial charge in [0, 0.05) is 13.1 Å². The van der Waals surface area contributed by atoms with Crippen molar-refractivity contribution in [3.63, 3.8) is 0 Å². The lowest BCUT2D eigenvalue weighted by atomic mass is 10.3. The van der Waals surface area contributed by atoms with E-state index in [1.165, 1.54) is 7.05 Å². The maximum absolute atomic E-state index is 11.9. The summed E-state index contributed by atoms with van der Waals surface area (Å²) in [5.41, 5.74) is -0.707. The molecule has 0 amide bonds. The fourth-order valence-corrected chi connectivity index (χ4v) is 2.26. The molecule has 1 aromatic carbocycles. The highest BCUT2D eigenvalue weighted by molar-refractivity contribution is 7.89. The van der Waals surface area contributed by atoms with Gasteiger partial charge in [-0.05, 0) is 12.1 Å². The van der Waals surface area contributed by atoms with Crippen LogP contribution in [0, 0.1) is 21.4 Å². The number of sulfonamides is 1. The van der Waals surface area contributed by atoms with Crippen LogP contribution < -0.4 is 0 Å². The molecule has 1 N–H and O–H groups in total. The summed E-state index contributed by atoms with van der Waals surface area (Å²) in [5.74, 6) is -0.623. The van der Waals surface area contributed by atoms with Crippen LogP contribution in [0.1, 0.15) is 0 Å². The summed E-state index contributed by atoms with van der Waals surface area (Å²) in [7, 11) is -2.80. The predicted molar refractivity (Wildman–Crippen MR) is 60.2 cm³/mol. The molecule has 0 aromatic heterocycles. The molecular formula is C9H9N3O5S. The zero-order valence-corrected chi connectivity index (χ0v) is 10.1. The number of nitro groups is 1. The van der Waals surface area contributed by atoms with Crippen LogP contribution >= 0.6 is 0 Å². The topological polar surface area (TPSA) is 125 Å². The smallest absolute Gasteiger partial charge is 0.312 e. The molecule has 96 valence electrons. The van der Waals surface area contributed by atoms with Crippen LogP contribution in [0.4, 0.5) is 5.69 Å². The van der Waals surface area contributed by atoms with E-state index in [4.69, 9.17) is 5.26 Å². The number of nitriles is 1. The van der Waals surface area contributed by atoms with Crippen LogP contribution in [-0.2, 0) is 10.0 Å². The number of benzene rings is 1. The van der Waals surface area contributed by atoms with Crippen LogP contribution in [-0.4, -0.2) is 36.3 Å². The Hall–Kier alpha value is -2.18. The molecule has 8 nitrogen and oxygen atoms in total. The minimum Gasteiger partial charge on any atom is -0.502 e. The Morgan fingerprint density at radius 2 is 2.17 bits per heavy atom. The summed E-state index contributed by atoms with van der Waals surface area (Å²) in [6, 6.07) is 4.36. The van der Waals surface area contributed by atoms with Crippen molar-refractivity contribution in [2.24, 2.45) is 0 Å². The van der Waals surface area contributed by atoms with E-state index in [0.29, 0.717) is 0 Å². The first-order chi connectivity index (χ1) is 8.30. The van der Waals surface area contributed by atoms with Gasteiger partial charge < -0.3 is 5.11 Å². The molecule has 1 aromatic rings. The highest BCUT2D eigenvalue weighted by Crippen LogP contribution is 2.29. The first-order valence-electron chi connectivity index (χ1n) is 4.61. The van der Waals surface area contributed by atoms with Crippen molar-refractivity contribution in [3.05, 3.63) is 28.3 Å². The fraction of sp³-hybridized carbons (Fsp3) is 0.222. The fourth-order valence-electron chi connectivity index (χ4n) is 1.17. The Labute approximate surface area is 103 Å². The van der Waals surface area contributed by atoms with E-state index in [2.05, 4.69) is 0 Å². The molecule has 0 aliphatic heterocycles. The van der Waals surface area contributed by atoms with E-state index in [1.807, 2.05) is 0 Å². The third kappa shape index (κ3) is 2.55. The zero-order valence-electron chi connectivity index (χ0n) is 9.27. The van der Waals surface area contributed by atoms with Crippen LogP contribution in [0.3, 0.4) is 0 Å². The van der Waals surface area contributed by atoms with Gasteiger partial charge in [0.05, 0.1) is 15.9 Å². The largest absolute Gasteiger partial charge is 0.502 e. The van der Waals surface area contributed by atoms with Gasteiger partial charge in [0.2, 0.25) is 10.0 Å². The molecule has 0 atom stereocenters. The van der Waals surface area contributed by atoms with Crippen LogP contribution in [0.25, 0.3) is 0 Å². The molecule has 0 bridgehead atoms. The van der Waals surface area contributed by atoms with Gasteiger partial charge in [0.15, 0.2) is 5.75 Å². The van der Waals surface area contributed by atoms with Crippen molar-refractivity contribution < 1.29 is 18.4 Å². The zero-order chi connectivity index (χ0) is 13.9. The van der Waals surface area contributed by atoms with Crippen molar-refractivity contribution >= 4 is 15.7 Å². The number of phenolic OH excluding ortho intramolecular Hbond substituents is 1. The maximum Gasteiger partial charge on any atom is 0.312 e. The van der Waals surface area contributed by atoms with Gasteiger partial charge in [-0.2, -0.15) is 9.57 Å². The molecule has 0 fully saturated rings. The number of rotatable bonds is 4. The highest BCUT2D eigenvalue weighted by atomic mass is 32.2. The Bertz CT molecular complexity index is 620. The quantitative estimate of drug-likeness (QED) is 0.481. The third-order valence-corrected chi connectivity index (χ3v) is 3.94. The van der Waals surface area contributed by atoms with Crippen LogP contribution in [0.5, 0.6) is 5.75 Å². The minimum atomic E-state index is -3.98. The van der Waals surface area contributed by atoms with Crippen LogP contribution in [0.15, 0.2) is 23.1 Å². The molecular weight excluding hydrogens is 262 g/mol. The van der Waals surface area contributed by atoms with E-state index in [-0.39, 0.29) is 11.4 Å². The summed E-state index contributed by atoms with van der Waals surface area (Å²) in [6.07, 6.45) is 0. The van der Waals surface area contributed by atoms with Gasteiger partial charge in [-0.25, -0.2) is 8.42 Å². The molecule has 0 aliphatic carbocycles. The number of hydrogen-bond donors (Lipinski definition) is 1. The predicted octanol–water partition coefficient (Wildman–Crippen LogP) is 0.444. The second kappa shape index (κ2) is 4.99. The van der Waals surface area contributed by atoms with Crippen molar-refractivity contribution in [3.8, 4) is 11.8 Å². The monoisotopic (exact) mass is 271 g/mol. The first-order valence-corrected chi connectivity index (χ1v) is 6.05. The molecule has 0 unspecified atom stereocenters. The number of nitro benzene ring substituents is 1. The highest BCUT2D eigenvalue weighted by Gasteiger charge is 2.24. The number of nitrogens with zero attached hydrogens (tertiary/aromatic N) is 3. The molecule has 0 spiro atoms. The van der Waals surface area contributed by atoms with Crippen molar-refractivity contribution in [1.29, 1.82) is 5.26 Å². The lowest BCUT2D eigenvalue weighted by molar-refractivity contribution is -0.386. The van der Waals surface area contributed by atoms with Gasteiger partial charge in [0.1, 0.15) is 6.54 Å². The summed E-state index contributed by atoms with van der Waals surface area (Å²) < 4.78 is 24.5. The van der Waals surface area contributed by atoms with E-state index in [0.717, 1.165) is 22.5 Å². The maximum atomic E-state index is 11.9. The summed E-state index contributed by atoms with van der Waals surface area (Å²) in [4.78, 5) is 9.33. The second-order valence-corrected chi connectivity index (χ2v) is 5.37. The van der Waals surface area contributed by atoms with Crippen molar-refractivity contribution in [2.45, 2.75) is 4.90 Å². The molecule has 0 radical (unpaired) electrons. The van der Waals surface area contributed by atoms with Crippen LogP contribution in [0.2, 0.25) is 0 Å². The summed E-state index contributed by atoms with van der Waals surface area (Å²) in [6.45, 7) is -0.378.